The minimum absolute atomic E-state index is 0.436. The Morgan fingerprint density at radius 3 is 2.71 bits per heavy atom. The maximum absolute atomic E-state index is 5.15. The van der Waals surface area contributed by atoms with Gasteiger partial charge in [0, 0.05) is 5.22 Å². The summed E-state index contributed by atoms with van der Waals surface area (Å²) in [4.78, 5) is 4.29. The van der Waals surface area contributed by atoms with Crippen molar-refractivity contribution in [1.29, 1.82) is 0 Å². The molecule has 0 fully saturated rings. The summed E-state index contributed by atoms with van der Waals surface area (Å²) in [5.41, 5.74) is 0. The van der Waals surface area contributed by atoms with Crippen LogP contribution < -0.4 is 10.6 Å². The van der Waals surface area contributed by atoms with Crippen molar-refractivity contribution < 1.29 is 4.74 Å². The predicted molar refractivity (Wildman–Crippen MR) is 55.1 cm³/mol. The van der Waals surface area contributed by atoms with Gasteiger partial charge in [0.25, 0.3) is 0 Å². The van der Waals surface area contributed by atoms with E-state index >= 15 is 0 Å². The molecule has 14 heavy (non-hydrogen) atoms. The molecule has 0 unspecified atom stereocenters. The van der Waals surface area contributed by atoms with Gasteiger partial charge >= 0.3 is 0 Å². The molecule has 1 aliphatic heterocycles. The van der Waals surface area contributed by atoms with Crippen molar-refractivity contribution in [2.45, 2.75) is 0 Å². The van der Waals surface area contributed by atoms with E-state index < -0.39 is 0 Å². The van der Waals surface area contributed by atoms with Gasteiger partial charge in [0.15, 0.2) is 6.73 Å². The summed E-state index contributed by atoms with van der Waals surface area (Å²) in [5.74, 6) is 0. The molecule has 0 atom stereocenters. The summed E-state index contributed by atoms with van der Waals surface area (Å²) in [6.45, 7) is 0.436. The van der Waals surface area contributed by atoms with Crippen LogP contribution in [0.3, 0.4) is 0 Å². The van der Waals surface area contributed by atoms with Crippen molar-refractivity contribution in [1.82, 2.24) is 0 Å². The molecule has 0 aliphatic carbocycles. The number of benzene rings is 2. The Kier molecular flexibility index (Phi) is 1.53. The van der Waals surface area contributed by atoms with Crippen molar-refractivity contribution >= 4 is 17.0 Å². The SMILES string of the molecule is C1=c2cc3ccccc3cc2=NCO1. The second kappa shape index (κ2) is 2.84. The van der Waals surface area contributed by atoms with E-state index in [1.165, 1.54) is 10.8 Å². The molecule has 0 spiro atoms. The van der Waals surface area contributed by atoms with Crippen LogP contribution in [-0.4, -0.2) is 6.73 Å². The van der Waals surface area contributed by atoms with Crippen LogP contribution in [0.2, 0.25) is 0 Å². The van der Waals surface area contributed by atoms with Crippen molar-refractivity contribution in [2.75, 3.05) is 6.73 Å². The van der Waals surface area contributed by atoms with Crippen molar-refractivity contribution in [3.05, 3.63) is 47.0 Å². The molecule has 0 saturated heterocycles. The van der Waals surface area contributed by atoms with E-state index in [-0.39, 0.29) is 0 Å². The molecular formula is C12H9NO. The van der Waals surface area contributed by atoms with Crippen LogP contribution in [0.5, 0.6) is 0 Å². The van der Waals surface area contributed by atoms with Gasteiger partial charge in [0.05, 0.1) is 11.6 Å². The molecule has 1 heterocycles. The van der Waals surface area contributed by atoms with E-state index in [0.29, 0.717) is 6.73 Å². The molecule has 0 aromatic heterocycles. The Morgan fingerprint density at radius 2 is 1.86 bits per heavy atom. The summed E-state index contributed by atoms with van der Waals surface area (Å²) in [7, 11) is 0. The number of rotatable bonds is 0. The third-order valence-electron chi connectivity index (χ3n) is 2.41. The topological polar surface area (TPSA) is 21.6 Å². The lowest BCUT2D eigenvalue weighted by Gasteiger charge is -2.03. The van der Waals surface area contributed by atoms with Crippen LogP contribution in [0.4, 0.5) is 0 Å². The normalized spacial score (nSPS) is 13.7. The molecule has 0 N–H and O–H groups in total. The monoisotopic (exact) mass is 183 g/mol. The average molecular weight is 183 g/mol. The maximum Gasteiger partial charge on any atom is 0.178 e. The lowest BCUT2D eigenvalue weighted by molar-refractivity contribution is 0.296. The molecule has 68 valence electrons. The summed E-state index contributed by atoms with van der Waals surface area (Å²) < 4.78 is 5.15. The Morgan fingerprint density at radius 1 is 1.07 bits per heavy atom. The Hall–Kier alpha value is -1.83. The number of fused-ring (bicyclic) bond motifs is 2. The zero-order valence-corrected chi connectivity index (χ0v) is 7.60. The van der Waals surface area contributed by atoms with Crippen LogP contribution in [0.25, 0.3) is 17.0 Å². The highest BCUT2D eigenvalue weighted by Gasteiger charge is 1.97. The van der Waals surface area contributed by atoms with Crippen LogP contribution >= 0.6 is 0 Å². The highest BCUT2D eigenvalue weighted by Crippen LogP contribution is 2.08. The van der Waals surface area contributed by atoms with Crippen molar-refractivity contribution in [2.24, 2.45) is 4.99 Å². The number of nitrogens with zero attached hydrogens (tertiary/aromatic N) is 1. The standard InChI is InChI=1S/C12H9NO/c1-2-4-10-6-12-11(5-9(10)3-1)7-14-8-13-12/h1-7H,8H2. The van der Waals surface area contributed by atoms with Crippen LogP contribution in [0.1, 0.15) is 0 Å². The van der Waals surface area contributed by atoms with Crippen LogP contribution in [0, 0.1) is 0 Å². The van der Waals surface area contributed by atoms with Gasteiger partial charge in [0.2, 0.25) is 0 Å². The average Bonchev–Trinajstić information content (AvgIpc) is 2.26. The molecule has 0 saturated carbocycles. The van der Waals surface area contributed by atoms with Gasteiger partial charge in [-0.15, -0.1) is 0 Å². The molecule has 2 aromatic rings. The van der Waals surface area contributed by atoms with Crippen molar-refractivity contribution in [3.63, 3.8) is 0 Å². The number of hydrogen-bond acceptors (Lipinski definition) is 2. The summed E-state index contributed by atoms with van der Waals surface area (Å²) in [6.07, 6.45) is 1.77. The highest BCUT2D eigenvalue weighted by molar-refractivity contribution is 5.82. The van der Waals surface area contributed by atoms with E-state index in [1.807, 2.05) is 12.1 Å². The van der Waals surface area contributed by atoms with Crippen molar-refractivity contribution in [3.8, 4) is 0 Å². The van der Waals surface area contributed by atoms with E-state index in [4.69, 9.17) is 4.74 Å². The first kappa shape index (κ1) is 7.56. The number of hydrogen-bond donors (Lipinski definition) is 0. The fourth-order valence-electron chi connectivity index (χ4n) is 1.71. The van der Waals surface area contributed by atoms with Crippen LogP contribution in [-0.2, 0) is 4.74 Å². The molecule has 3 rings (SSSR count). The number of ether oxygens (including phenoxy) is 1. The molecule has 0 amide bonds. The lowest BCUT2D eigenvalue weighted by Crippen LogP contribution is -2.28. The van der Waals surface area contributed by atoms with E-state index in [1.54, 1.807) is 6.26 Å². The quantitative estimate of drug-likeness (QED) is 0.601. The van der Waals surface area contributed by atoms with Gasteiger partial charge in [-0.1, -0.05) is 24.3 Å². The van der Waals surface area contributed by atoms with E-state index in [9.17, 15) is 0 Å². The summed E-state index contributed by atoms with van der Waals surface area (Å²) in [5, 5.41) is 4.54. The molecule has 2 aromatic carbocycles. The van der Waals surface area contributed by atoms with Gasteiger partial charge in [-0.2, -0.15) is 0 Å². The van der Waals surface area contributed by atoms with Gasteiger partial charge in [0.1, 0.15) is 0 Å². The molecule has 2 nitrogen and oxygen atoms in total. The molecule has 0 radical (unpaired) electrons. The first-order valence-corrected chi connectivity index (χ1v) is 4.58. The largest absolute Gasteiger partial charge is 0.478 e. The molecule has 1 aliphatic rings. The molecule has 2 heteroatoms. The molecular weight excluding hydrogens is 174 g/mol. The Bertz CT molecular complexity index is 547. The minimum atomic E-state index is 0.436. The zero-order chi connectivity index (χ0) is 9.38. The second-order valence-electron chi connectivity index (χ2n) is 3.33. The maximum atomic E-state index is 5.15. The fourth-order valence-corrected chi connectivity index (χ4v) is 1.71. The first-order chi connectivity index (χ1) is 6.93. The predicted octanol–water partition coefficient (Wildman–Crippen LogP) is 1.19. The van der Waals surface area contributed by atoms with E-state index in [0.717, 1.165) is 10.6 Å². The first-order valence-electron chi connectivity index (χ1n) is 4.58. The molecule has 0 bridgehead atoms. The van der Waals surface area contributed by atoms with Gasteiger partial charge in [-0.05, 0) is 22.9 Å². The van der Waals surface area contributed by atoms with Gasteiger partial charge < -0.3 is 4.74 Å². The second-order valence-corrected chi connectivity index (χ2v) is 3.33. The van der Waals surface area contributed by atoms with Crippen LogP contribution in [0.15, 0.2) is 41.4 Å². The highest BCUT2D eigenvalue weighted by atomic mass is 16.5. The Balaban J connectivity index is 2.51. The summed E-state index contributed by atoms with van der Waals surface area (Å²) >= 11 is 0. The summed E-state index contributed by atoms with van der Waals surface area (Å²) in [6, 6.07) is 12.5. The third-order valence-corrected chi connectivity index (χ3v) is 2.41. The lowest BCUT2D eigenvalue weighted by atomic mass is 10.1. The van der Waals surface area contributed by atoms with Gasteiger partial charge in [-0.3, -0.25) is 0 Å². The zero-order valence-electron chi connectivity index (χ0n) is 7.60. The smallest absolute Gasteiger partial charge is 0.178 e. The Labute approximate surface area is 81.2 Å². The van der Waals surface area contributed by atoms with E-state index in [2.05, 4.69) is 29.3 Å². The van der Waals surface area contributed by atoms with Gasteiger partial charge in [-0.25, -0.2) is 4.99 Å². The minimum Gasteiger partial charge on any atom is -0.478 e. The fraction of sp³-hybridized carbons (Fsp3) is 0.0833. The third kappa shape index (κ3) is 1.08.